The van der Waals surface area contributed by atoms with E-state index in [1.165, 1.54) is 6.07 Å². The number of hydrogen-bond donors (Lipinski definition) is 0. The molecule has 5 heteroatoms. The molecule has 1 aromatic heterocycles. The van der Waals surface area contributed by atoms with Gasteiger partial charge in [0.1, 0.15) is 5.52 Å². The van der Waals surface area contributed by atoms with Crippen LogP contribution >= 0.6 is 0 Å². The number of aromatic nitrogens is 1. The van der Waals surface area contributed by atoms with Crippen LogP contribution in [-0.4, -0.2) is 23.2 Å². The van der Waals surface area contributed by atoms with Gasteiger partial charge in [0.05, 0.1) is 11.5 Å². The molecule has 0 amide bonds. The van der Waals surface area contributed by atoms with Gasteiger partial charge in [-0.3, -0.25) is 10.1 Å². The minimum absolute atomic E-state index is 0.138. The summed E-state index contributed by atoms with van der Waals surface area (Å²) < 4.78 is 6.82. The van der Waals surface area contributed by atoms with Crippen LogP contribution in [0.2, 0.25) is 0 Å². The highest BCUT2D eigenvalue weighted by atomic mass is 16.6. The molecule has 1 aromatic carbocycles. The van der Waals surface area contributed by atoms with Crippen molar-refractivity contribution in [3.8, 4) is 0 Å². The maximum atomic E-state index is 10.9. The van der Waals surface area contributed by atoms with Gasteiger partial charge in [-0.15, -0.1) is 0 Å². The molecule has 0 spiro atoms. The Kier molecular flexibility index (Phi) is 2.87. The van der Waals surface area contributed by atoms with E-state index in [4.69, 9.17) is 4.74 Å². The molecule has 0 saturated carbocycles. The number of nitrogens with zero attached hydrogens (tertiary/aromatic N) is 2. The normalized spacial score (nSPS) is 10.8. The highest BCUT2D eigenvalue weighted by Crippen LogP contribution is 2.26. The van der Waals surface area contributed by atoms with Gasteiger partial charge in [0, 0.05) is 31.3 Å². The van der Waals surface area contributed by atoms with Crippen LogP contribution in [0.25, 0.3) is 10.9 Å². The summed E-state index contributed by atoms with van der Waals surface area (Å²) in [7, 11) is 1.61. The Morgan fingerprint density at radius 1 is 1.44 bits per heavy atom. The van der Waals surface area contributed by atoms with Crippen molar-refractivity contribution >= 4 is 16.6 Å². The van der Waals surface area contributed by atoms with Crippen LogP contribution < -0.4 is 0 Å². The average molecular weight is 220 g/mol. The Labute approximate surface area is 92.4 Å². The maximum absolute atomic E-state index is 10.9. The van der Waals surface area contributed by atoms with Gasteiger partial charge in [-0.2, -0.15) is 0 Å². The summed E-state index contributed by atoms with van der Waals surface area (Å²) in [5.41, 5.74) is 0.795. The van der Waals surface area contributed by atoms with Gasteiger partial charge >= 0.3 is 0 Å². The van der Waals surface area contributed by atoms with E-state index in [-0.39, 0.29) is 10.6 Å². The minimum atomic E-state index is -0.356. The van der Waals surface area contributed by atoms with Gasteiger partial charge in [0.15, 0.2) is 0 Å². The van der Waals surface area contributed by atoms with Crippen LogP contribution in [0.3, 0.4) is 0 Å². The fourth-order valence-corrected chi connectivity index (χ4v) is 1.76. The Morgan fingerprint density at radius 2 is 2.25 bits per heavy atom. The Balaban J connectivity index is 2.54. The summed E-state index contributed by atoms with van der Waals surface area (Å²) >= 11 is 0. The summed E-state index contributed by atoms with van der Waals surface area (Å²) in [6, 6.07) is 6.95. The highest BCUT2D eigenvalue weighted by Gasteiger charge is 2.14. The van der Waals surface area contributed by atoms with E-state index in [0.717, 1.165) is 5.39 Å². The first-order valence-corrected chi connectivity index (χ1v) is 4.95. The lowest BCUT2D eigenvalue weighted by atomic mass is 10.2. The molecule has 0 N–H and O–H groups in total. The fourth-order valence-electron chi connectivity index (χ4n) is 1.76. The Bertz CT molecular complexity index is 519. The van der Waals surface area contributed by atoms with E-state index in [0.29, 0.717) is 18.7 Å². The number of non-ortho nitro benzene ring substituents is 1. The topological polar surface area (TPSA) is 57.3 Å². The summed E-state index contributed by atoms with van der Waals surface area (Å²) in [5, 5.41) is 11.8. The lowest BCUT2D eigenvalue weighted by Crippen LogP contribution is -2.03. The molecular formula is C11H12N2O3. The number of benzene rings is 1. The van der Waals surface area contributed by atoms with Gasteiger partial charge in [-0.1, -0.05) is 12.1 Å². The van der Waals surface area contributed by atoms with Crippen molar-refractivity contribution in [2.45, 2.75) is 6.54 Å². The van der Waals surface area contributed by atoms with Crippen molar-refractivity contribution in [2.75, 3.05) is 13.7 Å². The van der Waals surface area contributed by atoms with Crippen LogP contribution in [0, 0.1) is 10.1 Å². The number of methoxy groups -OCH3 is 1. The molecule has 0 aliphatic rings. The van der Waals surface area contributed by atoms with E-state index in [1.807, 2.05) is 22.9 Å². The van der Waals surface area contributed by atoms with E-state index in [2.05, 4.69) is 0 Å². The predicted octanol–water partition coefficient (Wildman–Crippen LogP) is 2.20. The van der Waals surface area contributed by atoms with Crippen LogP contribution in [0.4, 0.5) is 5.69 Å². The van der Waals surface area contributed by atoms with Crippen molar-refractivity contribution in [1.29, 1.82) is 0 Å². The number of nitro benzene ring substituents is 1. The smallest absolute Gasteiger partial charge is 0.293 e. The summed E-state index contributed by atoms with van der Waals surface area (Å²) in [4.78, 5) is 10.5. The molecule has 0 saturated heterocycles. The molecule has 84 valence electrons. The zero-order valence-corrected chi connectivity index (χ0v) is 8.92. The molecule has 16 heavy (non-hydrogen) atoms. The third-order valence-corrected chi connectivity index (χ3v) is 2.50. The largest absolute Gasteiger partial charge is 0.383 e. The molecule has 0 bridgehead atoms. The van der Waals surface area contributed by atoms with E-state index in [1.54, 1.807) is 13.2 Å². The van der Waals surface area contributed by atoms with Crippen LogP contribution in [0.15, 0.2) is 30.5 Å². The van der Waals surface area contributed by atoms with E-state index in [9.17, 15) is 10.1 Å². The molecule has 0 atom stereocenters. The molecule has 0 aliphatic carbocycles. The summed E-state index contributed by atoms with van der Waals surface area (Å²) in [5.74, 6) is 0. The Morgan fingerprint density at radius 3 is 2.94 bits per heavy atom. The number of nitro groups is 1. The third kappa shape index (κ3) is 1.77. The first-order chi connectivity index (χ1) is 7.74. The number of hydrogen-bond acceptors (Lipinski definition) is 3. The monoisotopic (exact) mass is 220 g/mol. The fraction of sp³-hybridized carbons (Fsp3) is 0.273. The SMILES string of the molecule is COCCn1ccc2cccc([N+](=O)[O-])c21. The zero-order chi connectivity index (χ0) is 11.5. The number of rotatable bonds is 4. The molecule has 2 rings (SSSR count). The summed E-state index contributed by atoms with van der Waals surface area (Å²) in [6.07, 6.45) is 1.84. The number of ether oxygens (including phenoxy) is 1. The average Bonchev–Trinajstić information content (AvgIpc) is 2.69. The number of fused-ring (bicyclic) bond motifs is 1. The van der Waals surface area contributed by atoms with Gasteiger partial charge in [0.2, 0.25) is 0 Å². The molecule has 0 radical (unpaired) electrons. The van der Waals surface area contributed by atoms with Gasteiger partial charge in [0.25, 0.3) is 5.69 Å². The van der Waals surface area contributed by atoms with Crippen molar-refractivity contribution in [3.63, 3.8) is 0 Å². The summed E-state index contributed by atoms with van der Waals surface area (Å²) in [6.45, 7) is 1.15. The lowest BCUT2D eigenvalue weighted by Gasteiger charge is -2.04. The second kappa shape index (κ2) is 4.32. The standard InChI is InChI=1S/C11H12N2O3/c1-16-8-7-12-6-5-9-3-2-4-10(11(9)12)13(14)15/h2-6H,7-8H2,1H3. The molecule has 2 aromatic rings. The first kappa shape index (κ1) is 10.6. The molecule has 0 fully saturated rings. The molecule has 1 heterocycles. The second-order valence-electron chi connectivity index (χ2n) is 3.47. The van der Waals surface area contributed by atoms with Crippen molar-refractivity contribution in [1.82, 2.24) is 4.57 Å². The van der Waals surface area contributed by atoms with Crippen LogP contribution in [0.5, 0.6) is 0 Å². The van der Waals surface area contributed by atoms with Gasteiger partial charge in [-0.25, -0.2) is 0 Å². The lowest BCUT2D eigenvalue weighted by molar-refractivity contribution is -0.383. The van der Waals surface area contributed by atoms with Gasteiger partial charge < -0.3 is 9.30 Å². The van der Waals surface area contributed by atoms with Crippen LogP contribution in [-0.2, 0) is 11.3 Å². The van der Waals surface area contributed by atoms with E-state index < -0.39 is 0 Å². The van der Waals surface area contributed by atoms with Gasteiger partial charge in [-0.05, 0) is 6.07 Å². The maximum Gasteiger partial charge on any atom is 0.293 e. The quantitative estimate of drug-likeness (QED) is 0.586. The third-order valence-electron chi connectivity index (χ3n) is 2.50. The van der Waals surface area contributed by atoms with E-state index >= 15 is 0 Å². The minimum Gasteiger partial charge on any atom is -0.383 e. The molecule has 0 unspecified atom stereocenters. The highest BCUT2D eigenvalue weighted by molar-refractivity contribution is 5.88. The van der Waals surface area contributed by atoms with Crippen molar-refractivity contribution in [3.05, 3.63) is 40.6 Å². The molecule has 5 nitrogen and oxygen atoms in total. The van der Waals surface area contributed by atoms with Crippen LogP contribution in [0.1, 0.15) is 0 Å². The second-order valence-corrected chi connectivity index (χ2v) is 3.47. The van der Waals surface area contributed by atoms with Crippen molar-refractivity contribution in [2.24, 2.45) is 0 Å². The predicted molar refractivity (Wildman–Crippen MR) is 60.5 cm³/mol. The van der Waals surface area contributed by atoms with Crippen molar-refractivity contribution < 1.29 is 9.66 Å². The number of para-hydroxylation sites is 1. The zero-order valence-electron chi connectivity index (χ0n) is 8.92. The molecular weight excluding hydrogens is 208 g/mol. The first-order valence-electron chi connectivity index (χ1n) is 4.95. The molecule has 0 aliphatic heterocycles. The Hall–Kier alpha value is -1.88.